The zero-order chi connectivity index (χ0) is 17.9. The number of hydrogen-bond donors (Lipinski definition) is 0. The van der Waals surface area contributed by atoms with Crippen LogP contribution in [0.4, 0.5) is 5.69 Å². The third-order valence-corrected chi connectivity index (χ3v) is 3.71. The van der Waals surface area contributed by atoms with E-state index in [1.807, 2.05) is 20.8 Å². The number of non-ortho nitro benzene ring substituents is 1. The lowest BCUT2D eigenvalue weighted by atomic mass is 10.1. The molecule has 1 fully saturated rings. The fourth-order valence-electron chi connectivity index (χ4n) is 2.58. The topological polar surface area (TPSA) is 95.7 Å². The van der Waals surface area contributed by atoms with Crippen LogP contribution in [0, 0.1) is 16.0 Å². The highest BCUT2D eigenvalue weighted by atomic mass is 16.6. The van der Waals surface area contributed by atoms with Crippen LogP contribution in [0.25, 0.3) is 0 Å². The van der Waals surface area contributed by atoms with Gasteiger partial charge in [-0.3, -0.25) is 14.9 Å². The van der Waals surface area contributed by atoms with Crippen molar-refractivity contribution < 1.29 is 24.0 Å². The number of carbonyl (C=O) groups excluding carboxylic acids is 2. The van der Waals surface area contributed by atoms with E-state index in [1.54, 1.807) is 0 Å². The van der Waals surface area contributed by atoms with Gasteiger partial charge in [-0.25, -0.2) is 4.79 Å². The standard InChI is InChI=1S/C17H21NO6/c1-17(2,3)24-16(20)12-6-9-14(10-12)23-15(19)11-4-7-13(8-5-11)18(21)22/h4-5,7-8,12,14H,6,9-10H2,1-3H3/t12-,14-/m0/s1. The van der Waals surface area contributed by atoms with Crippen molar-refractivity contribution in [2.24, 2.45) is 5.92 Å². The summed E-state index contributed by atoms with van der Waals surface area (Å²) in [7, 11) is 0. The SMILES string of the molecule is CC(C)(C)OC(=O)[C@H]1CC[C@H](OC(=O)c2ccc([N+](=O)[O-])cc2)C1. The zero-order valence-corrected chi connectivity index (χ0v) is 14.0. The van der Waals surface area contributed by atoms with Crippen LogP contribution in [0.2, 0.25) is 0 Å². The van der Waals surface area contributed by atoms with Gasteiger partial charge in [0.05, 0.1) is 16.4 Å². The average molecular weight is 335 g/mol. The van der Waals surface area contributed by atoms with E-state index in [0.29, 0.717) is 19.3 Å². The lowest BCUT2D eigenvalue weighted by Crippen LogP contribution is -2.28. The number of carbonyl (C=O) groups is 2. The first-order valence-corrected chi connectivity index (χ1v) is 7.84. The van der Waals surface area contributed by atoms with Crippen molar-refractivity contribution in [3.8, 4) is 0 Å². The Kier molecular flexibility index (Phi) is 5.21. The normalized spacial score (nSPS) is 20.5. The van der Waals surface area contributed by atoms with Gasteiger partial charge < -0.3 is 9.47 Å². The molecule has 0 aromatic heterocycles. The molecule has 0 unspecified atom stereocenters. The Hall–Kier alpha value is -2.44. The minimum Gasteiger partial charge on any atom is -0.460 e. The number of hydrogen-bond acceptors (Lipinski definition) is 6. The van der Waals surface area contributed by atoms with E-state index in [1.165, 1.54) is 24.3 Å². The molecule has 0 saturated heterocycles. The molecule has 24 heavy (non-hydrogen) atoms. The number of nitrogens with zero attached hydrogens (tertiary/aromatic N) is 1. The molecule has 1 aliphatic carbocycles. The largest absolute Gasteiger partial charge is 0.460 e. The predicted molar refractivity (Wildman–Crippen MR) is 85.5 cm³/mol. The molecule has 0 spiro atoms. The van der Waals surface area contributed by atoms with Crippen molar-refractivity contribution >= 4 is 17.6 Å². The Morgan fingerprint density at radius 3 is 2.33 bits per heavy atom. The van der Waals surface area contributed by atoms with Crippen molar-refractivity contribution in [1.82, 2.24) is 0 Å². The van der Waals surface area contributed by atoms with Crippen molar-refractivity contribution in [3.05, 3.63) is 39.9 Å². The smallest absolute Gasteiger partial charge is 0.338 e. The summed E-state index contributed by atoms with van der Waals surface area (Å²) < 4.78 is 10.7. The molecule has 0 heterocycles. The van der Waals surface area contributed by atoms with Gasteiger partial charge in [-0.05, 0) is 52.2 Å². The van der Waals surface area contributed by atoms with Crippen molar-refractivity contribution in [3.63, 3.8) is 0 Å². The Bertz CT molecular complexity index is 631. The first-order chi connectivity index (χ1) is 11.2. The Morgan fingerprint density at radius 1 is 1.17 bits per heavy atom. The molecule has 1 aromatic rings. The highest BCUT2D eigenvalue weighted by Crippen LogP contribution is 2.30. The second kappa shape index (κ2) is 6.98. The number of nitro groups is 1. The van der Waals surface area contributed by atoms with Crippen LogP contribution in [0.15, 0.2) is 24.3 Å². The van der Waals surface area contributed by atoms with Crippen LogP contribution < -0.4 is 0 Å². The van der Waals surface area contributed by atoms with Gasteiger partial charge in [0, 0.05) is 12.1 Å². The molecule has 0 N–H and O–H groups in total. The molecule has 0 amide bonds. The first kappa shape index (κ1) is 17.9. The van der Waals surface area contributed by atoms with Crippen LogP contribution in [0.1, 0.15) is 50.4 Å². The van der Waals surface area contributed by atoms with Crippen LogP contribution in [-0.2, 0) is 14.3 Å². The van der Waals surface area contributed by atoms with Gasteiger partial charge >= 0.3 is 11.9 Å². The Balaban J connectivity index is 1.89. The maximum atomic E-state index is 12.1. The van der Waals surface area contributed by atoms with Gasteiger partial charge in [0.25, 0.3) is 5.69 Å². The van der Waals surface area contributed by atoms with Gasteiger partial charge in [-0.2, -0.15) is 0 Å². The third kappa shape index (κ3) is 4.78. The quantitative estimate of drug-likeness (QED) is 0.476. The lowest BCUT2D eigenvalue weighted by Gasteiger charge is -2.22. The number of ether oxygens (including phenoxy) is 2. The second-order valence-electron chi connectivity index (χ2n) is 6.87. The minimum absolute atomic E-state index is 0.0857. The summed E-state index contributed by atoms with van der Waals surface area (Å²) in [4.78, 5) is 34.2. The lowest BCUT2D eigenvalue weighted by molar-refractivity contribution is -0.384. The van der Waals surface area contributed by atoms with Gasteiger partial charge in [0.1, 0.15) is 11.7 Å². The monoisotopic (exact) mass is 335 g/mol. The van der Waals surface area contributed by atoms with Gasteiger partial charge in [0.15, 0.2) is 0 Å². The predicted octanol–water partition coefficient (Wildman–Crippen LogP) is 3.26. The maximum Gasteiger partial charge on any atom is 0.338 e. The summed E-state index contributed by atoms with van der Waals surface area (Å²) >= 11 is 0. The summed E-state index contributed by atoms with van der Waals surface area (Å²) in [6, 6.07) is 5.24. The number of nitro benzene ring substituents is 1. The van der Waals surface area contributed by atoms with E-state index in [0.717, 1.165) is 0 Å². The van der Waals surface area contributed by atoms with E-state index < -0.39 is 16.5 Å². The molecular weight excluding hydrogens is 314 g/mol. The molecule has 0 bridgehead atoms. The number of benzene rings is 1. The van der Waals surface area contributed by atoms with Crippen molar-refractivity contribution in [2.75, 3.05) is 0 Å². The molecule has 0 aliphatic heterocycles. The summed E-state index contributed by atoms with van der Waals surface area (Å²) in [6.07, 6.45) is 1.31. The highest BCUT2D eigenvalue weighted by Gasteiger charge is 2.35. The van der Waals surface area contributed by atoms with Crippen LogP contribution in [0.3, 0.4) is 0 Å². The van der Waals surface area contributed by atoms with Crippen molar-refractivity contribution in [2.45, 2.75) is 51.7 Å². The third-order valence-electron chi connectivity index (χ3n) is 3.71. The van der Waals surface area contributed by atoms with Gasteiger partial charge in [-0.1, -0.05) is 0 Å². The summed E-state index contributed by atoms with van der Waals surface area (Å²) in [6.45, 7) is 5.43. The van der Waals surface area contributed by atoms with Crippen LogP contribution in [0.5, 0.6) is 0 Å². The summed E-state index contributed by atoms with van der Waals surface area (Å²) in [5.74, 6) is -1.07. The fraction of sp³-hybridized carbons (Fsp3) is 0.529. The molecule has 7 heteroatoms. The molecule has 1 saturated carbocycles. The molecule has 0 radical (unpaired) electrons. The molecule has 2 rings (SSSR count). The van der Waals surface area contributed by atoms with Gasteiger partial charge in [0.2, 0.25) is 0 Å². The highest BCUT2D eigenvalue weighted by molar-refractivity contribution is 5.89. The Labute approximate surface area is 140 Å². The number of rotatable bonds is 4. The fourth-order valence-corrected chi connectivity index (χ4v) is 2.58. The maximum absolute atomic E-state index is 12.1. The summed E-state index contributed by atoms with van der Waals surface area (Å²) in [5, 5.41) is 10.6. The van der Waals surface area contributed by atoms with E-state index in [2.05, 4.69) is 0 Å². The van der Waals surface area contributed by atoms with E-state index >= 15 is 0 Å². The van der Waals surface area contributed by atoms with E-state index in [9.17, 15) is 19.7 Å². The minimum atomic E-state index is -0.542. The average Bonchev–Trinajstić information content (AvgIpc) is 2.94. The molecule has 130 valence electrons. The van der Waals surface area contributed by atoms with E-state index in [-0.39, 0.29) is 29.2 Å². The summed E-state index contributed by atoms with van der Waals surface area (Å²) in [5.41, 5.74) is -0.372. The number of esters is 2. The molecule has 2 atom stereocenters. The van der Waals surface area contributed by atoms with Crippen LogP contribution in [-0.4, -0.2) is 28.6 Å². The second-order valence-corrected chi connectivity index (χ2v) is 6.87. The van der Waals surface area contributed by atoms with Crippen LogP contribution >= 0.6 is 0 Å². The molecule has 1 aliphatic rings. The molecular formula is C17H21NO6. The zero-order valence-electron chi connectivity index (χ0n) is 14.0. The van der Waals surface area contributed by atoms with E-state index in [4.69, 9.17) is 9.47 Å². The van der Waals surface area contributed by atoms with Gasteiger partial charge in [-0.15, -0.1) is 0 Å². The first-order valence-electron chi connectivity index (χ1n) is 7.84. The molecule has 1 aromatic carbocycles. The molecule has 7 nitrogen and oxygen atoms in total. The van der Waals surface area contributed by atoms with Crippen molar-refractivity contribution in [1.29, 1.82) is 0 Å². The Morgan fingerprint density at radius 2 is 1.79 bits per heavy atom.